The van der Waals surface area contributed by atoms with Crippen LogP contribution in [0, 0.1) is 11.3 Å². The highest BCUT2D eigenvalue weighted by Gasteiger charge is 2.01. The van der Waals surface area contributed by atoms with Crippen molar-refractivity contribution in [3.05, 3.63) is 0 Å². The standard InChI is InChI=1S/C10H21NO/c1-9(2)6-8-12-10(3)5-4-7-11/h7,9-11H,4-6,8H2,1-3H3. The third-order valence-corrected chi connectivity index (χ3v) is 1.82. The summed E-state index contributed by atoms with van der Waals surface area (Å²) < 4.78 is 5.55. The summed E-state index contributed by atoms with van der Waals surface area (Å²) in [5.41, 5.74) is 0. The summed E-state index contributed by atoms with van der Waals surface area (Å²) in [5.74, 6) is 0.722. The Morgan fingerprint density at radius 2 is 1.92 bits per heavy atom. The van der Waals surface area contributed by atoms with Crippen LogP contribution in [-0.2, 0) is 4.74 Å². The zero-order chi connectivity index (χ0) is 9.40. The maximum absolute atomic E-state index is 6.86. The Morgan fingerprint density at radius 3 is 2.42 bits per heavy atom. The molecule has 0 rings (SSSR count). The van der Waals surface area contributed by atoms with Crippen LogP contribution in [0.25, 0.3) is 0 Å². The maximum Gasteiger partial charge on any atom is 0.0550 e. The van der Waals surface area contributed by atoms with E-state index in [1.807, 2.05) is 0 Å². The fourth-order valence-electron chi connectivity index (χ4n) is 0.906. The minimum Gasteiger partial charge on any atom is -0.378 e. The van der Waals surface area contributed by atoms with Gasteiger partial charge >= 0.3 is 0 Å². The molecule has 1 unspecified atom stereocenters. The van der Waals surface area contributed by atoms with Crippen LogP contribution in [0.3, 0.4) is 0 Å². The fourth-order valence-corrected chi connectivity index (χ4v) is 0.906. The van der Waals surface area contributed by atoms with E-state index in [0.29, 0.717) is 6.10 Å². The van der Waals surface area contributed by atoms with Crippen LogP contribution < -0.4 is 0 Å². The van der Waals surface area contributed by atoms with Crippen molar-refractivity contribution >= 4 is 6.21 Å². The first-order valence-corrected chi connectivity index (χ1v) is 4.77. The highest BCUT2D eigenvalue weighted by Crippen LogP contribution is 2.04. The van der Waals surface area contributed by atoms with Gasteiger partial charge in [-0.05, 0) is 38.3 Å². The Hall–Kier alpha value is -0.370. The number of hydrogen-bond donors (Lipinski definition) is 1. The van der Waals surface area contributed by atoms with E-state index >= 15 is 0 Å². The molecule has 0 heterocycles. The number of rotatable bonds is 7. The molecule has 1 N–H and O–H groups in total. The van der Waals surface area contributed by atoms with E-state index in [0.717, 1.165) is 31.8 Å². The molecule has 0 radical (unpaired) electrons. The average molecular weight is 171 g/mol. The summed E-state index contributed by atoms with van der Waals surface area (Å²) in [6.07, 6.45) is 4.70. The molecule has 12 heavy (non-hydrogen) atoms. The third kappa shape index (κ3) is 7.73. The Labute approximate surface area is 75.8 Å². The molecule has 0 aromatic heterocycles. The van der Waals surface area contributed by atoms with E-state index in [4.69, 9.17) is 10.1 Å². The summed E-state index contributed by atoms with van der Waals surface area (Å²) in [4.78, 5) is 0. The average Bonchev–Trinajstić information content (AvgIpc) is 2.00. The molecule has 0 amide bonds. The Balaban J connectivity index is 3.18. The molecule has 2 heteroatoms. The van der Waals surface area contributed by atoms with Crippen molar-refractivity contribution in [3.63, 3.8) is 0 Å². The lowest BCUT2D eigenvalue weighted by Gasteiger charge is -2.12. The van der Waals surface area contributed by atoms with Crippen molar-refractivity contribution in [1.29, 1.82) is 5.41 Å². The normalized spacial score (nSPS) is 13.3. The minimum atomic E-state index is 0.311. The zero-order valence-electron chi connectivity index (χ0n) is 8.47. The largest absolute Gasteiger partial charge is 0.378 e. The van der Waals surface area contributed by atoms with Gasteiger partial charge in [0.1, 0.15) is 0 Å². The third-order valence-electron chi connectivity index (χ3n) is 1.82. The van der Waals surface area contributed by atoms with E-state index < -0.39 is 0 Å². The maximum atomic E-state index is 6.86. The van der Waals surface area contributed by atoms with Crippen LogP contribution in [0.5, 0.6) is 0 Å². The lowest BCUT2D eigenvalue weighted by molar-refractivity contribution is 0.0548. The van der Waals surface area contributed by atoms with Gasteiger partial charge in [0.15, 0.2) is 0 Å². The number of hydrogen-bond acceptors (Lipinski definition) is 2. The highest BCUT2D eigenvalue weighted by molar-refractivity contribution is 5.52. The molecule has 0 fully saturated rings. The van der Waals surface area contributed by atoms with Crippen molar-refractivity contribution < 1.29 is 4.74 Å². The van der Waals surface area contributed by atoms with E-state index in [1.165, 1.54) is 6.21 Å². The quantitative estimate of drug-likeness (QED) is 0.587. The van der Waals surface area contributed by atoms with Crippen molar-refractivity contribution in [2.24, 2.45) is 5.92 Å². The van der Waals surface area contributed by atoms with Gasteiger partial charge in [-0.2, -0.15) is 0 Å². The van der Waals surface area contributed by atoms with E-state index in [2.05, 4.69) is 20.8 Å². The van der Waals surface area contributed by atoms with Gasteiger partial charge in [-0.15, -0.1) is 0 Å². The SMILES string of the molecule is CC(C)CCOC(C)CCC=N. The monoisotopic (exact) mass is 171 g/mol. The van der Waals surface area contributed by atoms with Gasteiger partial charge in [0, 0.05) is 6.61 Å². The molecule has 0 bridgehead atoms. The molecule has 0 aliphatic heterocycles. The second kappa shape index (κ2) is 7.29. The second-order valence-corrected chi connectivity index (χ2v) is 3.65. The first-order valence-electron chi connectivity index (χ1n) is 4.77. The van der Waals surface area contributed by atoms with Gasteiger partial charge < -0.3 is 10.1 Å². The molecular weight excluding hydrogens is 150 g/mol. The lowest BCUT2D eigenvalue weighted by Crippen LogP contribution is -2.10. The minimum absolute atomic E-state index is 0.311. The predicted molar refractivity (Wildman–Crippen MR) is 52.9 cm³/mol. The second-order valence-electron chi connectivity index (χ2n) is 3.65. The van der Waals surface area contributed by atoms with Gasteiger partial charge in [0.05, 0.1) is 6.10 Å². The van der Waals surface area contributed by atoms with E-state index in [9.17, 15) is 0 Å². The fraction of sp³-hybridized carbons (Fsp3) is 0.900. The summed E-state index contributed by atoms with van der Waals surface area (Å²) in [5, 5.41) is 6.86. The molecule has 0 aromatic rings. The molecule has 2 nitrogen and oxygen atoms in total. The van der Waals surface area contributed by atoms with Crippen molar-refractivity contribution in [1.82, 2.24) is 0 Å². The zero-order valence-corrected chi connectivity index (χ0v) is 8.47. The van der Waals surface area contributed by atoms with Crippen LogP contribution in [0.1, 0.15) is 40.0 Å². The summed E-state index contributed by atoms with van der Waals surface area (Å²) in [6, 6.07) is 0. The van der Waals surface area contributed by atoms with Gasteiger partial charge in [-0.3, -0.25) is 0 Å². The van der Waals surface area contributed by atoms with Crippen LogP contribution in [-0.4, -0.2) is 18.9 Å². The molecule has 0 spiro atoms. The van der Waals surface area contributed by atoms with Crippen LogP contribution in [0.15, 0.2) is 0 Å². The molecule has 0 saturated carbocycles. The van der Waals surface area contributed by atoms with Crippen molar-refractivity contribution in [2.45, 2.75) is 46.1 Å². The summed E-state index contributed by atoms with van der Waals surface area (Å²) in [7, 11) is 0. The molecule has 0 aliphatic rings. The highest BCUT2D eigenvalue weighted by atomic mass is 16.5. The number of nitrogens with one attached hydrogen (secondary N) is 1. The molecule has 0 aliphatic carbocycles. The first-order chi connectivity index (χ1) is 5.66. The number of ether oxygens (including phenoxy) is 1. The van der Waals surface area contributed by atoms with E-state index in [1.54, 1.807) is 0 Å². The van der Waals surface area contributed by atoms with Gasteiger partial charge in [-0.1, -0.05) is 13.8 Å². The van der Waals surface area contributed by atoms with Gasteiger partial charge in [0.25, 0.3) is 0 Å². The lowest BCUT2D eigenvalue weighted by atomic mass is 10.1. The smallest absolute Gasteiger partial charge is 0.0550 e. The van der Waals surface area contributed by atoms with Gasteiger partial charge in [-0.25, -0.2) is 0 Å². The molecule has 72 valence electrons. The Morgan fingerprint density at radius 1 is 1.25 bits per heavy atom. The van der Waals surface area contributed by atoms with Gasteiger partial charge in [0.2, 0.25) is 0 Å². The van der Waals surface area contributed by atoms with Crippen LogP contribution in [0.2, 0.25) is 0 Å². The van der Waals surface area contributed by atoms with Crippen molar-refractivity contribution in [2.75, 3.05) is 6.61 Å². The van der Waals surface area contributed by atoms with E-state index in [-0.39, 0.29) is 0 Å². The van der Waals surface area contributed by atoms with Crippen LogP contribution in [0.4, 0.5) is 0 Å². The predicted octanol–water partition coefficient (Wildman–Crippen LogP) is 2.87. The topological polar surface area (TPSA) is 33.1 Å². The molecule has 0 aromatic carbocycles. The Kier molecular flexibility index (Phi) is 7.06. The van der Waals surface area contributed by atoms with Crippen LogP contribution >= 0.6 is 0 Å². The summed E-state index contributed by atoms with van der Waals surface area (Å²) in [6.45, 7) is 7.33. The molecular formula is C10H21NO. The molecule has 0 saturated heterocycles. The van der Waals surface area contributed by atoms with Crippen molar-refractivity contribution in [3.8, 4) is 0 Å². The first kappa shape index (κ1) is 11.6. The summed E-state index contributed by atoms with van der Waals surface area (Å²) >= 11 is 0. The Bertz CT molecular complexity index is 112. The molecule has 1 atom stereocenters.